The minimum absolute atomic E-state index is 0.0560. The molecule has 2 rings (SSSR count). The fourth-order valence-corrected chi connectivity index (χ4v) is 2.05. The summed E-state index contributed by atoms with van der Waals surface area (Å²) in [6.45, 7) is 2.75. The van der Waals surface area contributed by atoms with Crippen molar-refractivity contribution in [1.82, 2.24) is 15.5 Å². The van der Waals surface area contributed by atoms with Crippen molar-refractivity contribution in [1.29, 1.82) is 0 Å². The van der Waals surface area contributed by atoms with Gasteiger partial charge in [-0.05, 0) is 24.3 Å². The van der Waals surface area contributed by atoms with Crippen LogP contribution in [0.3, 0.4) is 0 Å². The van der Waals surface area contributed by atoms with E-state index in [4.69, 9.17) is 5.11 Å². The van der Waals surface area contributed by atoms with Crippen LogP contribution in [0.5, 0.6) is 0 Å². The molecule has 2 amide bonds. The van der Waals surface area contributed by atoms with Crippen molar-refractivity contribution in [2.45, 2.75) is 0 Å². The van der Waals surface area contributed by atoms with Gasteiger partial charge in [-0.1, -0.05) is 0 Å². The lowest BCUT2D eigenvalue weighted by Gasteiger charge is -2.27. The zero-order valence-electron chi connectivity index (χ0n) is 11.5. The quantitative estimate of drug-likeness (QED) is 0.697. The topological polar surface area (TPSA) is 98.7 Å². The van der Waals surface area contributed by atoms with Crippen LogP contribution < -0.4 is 10.6 Å². The molecule has 0 atom stereocenters. The van der Waals surface area contributed by atoms with Gasteiger partial charge in [0.05, 0.1) is 12.1 Å². The molecule has 0 saturated carbocycles. The summed E-state index contributed by atoms with van der Waals surface area (Å²) in [4.78, 5) is 36.2. The van der Waals surface area contributed by atoms with E-state index in [-0.39, 0.29) is 18.0 Å². The molecule has 0 aliphatic carbocycles. The van der Waals surface area contributed by atoms with Crippen molar-refractivity contribution >= 4 is 17.8 Å². The summed E-state index contributed by atoms with van der Waals surface area (Å²) in [5.41, 5.74) is 0.441. The molecule has 21 heavy (non-hydrogen) atoms. The number of carboxylic acids is 1. The molecule has 1 aromatic rings. The first-order chi connectivity index (χ1) is 10.1. The summed E-state index contributed by atoms with van der Waals surface area (Å²) >= 11 is 0. The van der Waals surface area contributed by atoms with Crippen molar-refractivity contribution in [2.75, 3.05) is 32.7 Å². The zero-order chi connectivity index (χ0) is 15.2. The second kappa shape index (κ2) is 6.85. The van der Waals surface area contributed by atoms with Crippen LogP contribution in [0.4, 0.5) is 0 Å². The first kappa shape index (κ1) is 15.0. The van der Waals surface area contributed by atoms with Gasteiger partial charge in [-0.3, -0.25) is 9.59 Å². The van der Waals surface area contributed by atoms with Crippen LogP contribution in [0.15, 0.2) is 24.3 Å². The zero-order valence-corrected chi connectivity index (χ0v) is 11.5. The van der Waals surface area contributed by atoms with Crippen molar-refractivity contribution in [2.24, 2.45) is 0 Å². The number of aromatic carboxylic acids is 1. The molecule has 3 N–H and O–H groups in total. The van der Waals surface area contributed by atoms with Gasteiger partial charge in [0.25, 0.3) is 5.91 Å². The molecule has 0 bridgehead atoms. The second-order valence-corrected chi connectivity index (χ2v) is 4.70. The Labute approximate surface area is 121 Å². The largest absolute Gasteiger partial charge is 0.478 e. The Balaban J connectivity index is 1.86. The standard InChI is InChI=1S/C14H17N3O4/c18-12(17-7-5-15-6-8-17)9-16-13(19)10-1-3-11(4-2-10)14(20)21/h1-4,15H,5-9H2,(H,16,19)(H,20,21). The number of carboxylic acid groups (broad SMARTS) is 1. The van der Waals surface area contributed by atoms with Gasteiger partial charge in [-0.25, -0.2) is 4.79 Å². The molecule has 0 unspecified atom stereocenters. The first-order valence-electron chi connectivity index (χ1n) is 6.68. The van der Waals surface area contributed by atoms with Crippen molar-refractivity contribution in [3.8, 4) is 0 Å². The van der Waals surface area contributed by atoms with Crippen molar-refractivity contribution in [3.63, 3.8) is 0 Å². The highest BCUT2D eigenvalue weighted by Gasteiger charge is 2.17. The molecule has 1 aliphatic heterocycles. The van der Waals surface area contributed by atoms with Crippen LogP contribution in [-0.2, 0) is 4.79 Å². The highest BCUT2D eigenvalue weighted by atomic mass is 16.4. The number of nitrogens with zero attached hydrogens (tertiary/aromatic N) is 1. The van der Waals surface area contributed by atoms with Crippen LogP contribution in [0.2, 0.25) is 0 Å². The Hall–Kier alpha value is -2.41. The van der Waals surface area contributed by atoms with E-state index in [1.807, 2.05) is 0 Å². The lowest BCUT2D eigenvalue weighted by atomic mass is 10.1. The van der Waals surface area contributed by atoms with Gasteiger partial charge in [0.2, 0.25) is 5.91 Å². The summed E-state index contributed by atoms with van der Waals surface area (Å²) in [7, 11) is 0. The van der Waals surface area contributed by atoms with Crippen molar-refractivity contribution in [3.05, 3.63) is 35.4 Å². The van der Waals surface area contributed by atoms with Gasteiger partial charge in [0, 0.05) is 31.7 Å². The van der Waals surface area contributed by atoms with E-state index < -0.39 is 11.9 Å². The molecule has 1 aliphatic rings. The monoisotopic (exact) mass is 291 g/mol. The van der Waals surface area contributed by atoms with Gasteiger partial charge in [0.1, 0.15) is 0 Å². The average Bonchev–Trinajstić information content (AvgIpc) is 2.53. The predicted molar refractivity (Wildman–Crippen MR) is 75.2 cm³/mol. The lowest BCUT2D eigenvalue weighted by Crippen LogP contribution is -2.49. The highest BCUT2D eigenvalue weighted by Crippen LogP contribution is 2.04. The number of carbonyl (C=O) groups is 3. The molecule has 0 radical (unpaired) electrons. The predicted octanol–water partition coefficient (Wildman–Crippen LogP) is -0.454. The summed E-state index contributed by atoms with van der Waals surface area (Å²) < 4.78 is 0. The van der Waals surface area contributed by atoms with E-state index in [0.29, 0.717) is 18.7 Å². The molecule has 1 aromatic carbocycles. The lowest BCUT2D eigenvalue weighted by molar-refractivity contribution is -0.130. The van der Waals surface area contributed by atoms with E-state index in [2.05, 4.69) is 10.6 Å². The Kier molecular flexibility index (Phi) is 4.89. The van der Waals surface area contributed by atoms with Crippen LogP contribution in [-0.4, -0.2) is 60.5 Å². The van der Waals surface area contributed by atoms with Gasteiger partial charge in [-0.2, -0.15) is 0 Å². The molecule has 0 aromatic heterocycles. The Morgan fingerprint density at radius 2 is 1.67 bits per heavy atom. The summed E-state index contributed by atoms with van der Waals surface area (Å²) in [6.07, 6.45) is 0. The number of nitrogens with one attached hydrogen (secondary N) is 2. The van der Waals surface area contributed by atoms with Gasteiger partial charge in [-0.15, -0.1) is 0 Å². The summed E-state index contributed by atoms with van der Waals surface area (Å²) in [6, 6.07) is 5.56. The van der Waals surface area contributed by atoms with E-state index >= 15 is 0 Å². The molecule has 0 spiro atoms. The maximum atomic E-state index is 11.9. The third-order valence-corrected chi connectivity index (χ3v) is 3.26. The Morgan fingerprint density at radius 3 is 2.24 bits per heavy atom. The summed E-state index contributed by atoms with van der Waals surface area (Å²) in [5.74, 6) is -1.56. The fraction of sp³-hybridized carbons (Fsp3) is 0.357. The van der Waals surface area contributed by atoms with Gasteiger partial charge in [0.15, 0.2) is 0 Å². The molecule has 1 heterocycles. The number of hydrogen-bond donors (Lipinski definition) is 3. The second-order valence-electron chi connectivity index (χ2n) is 4.70. The highest BCUT2D eigenvalue weighted by molar-refractivity contribution is 5.97. The molecule has 1 saturated heterocycles. The van der Waals surface area contributed by atoms with E-state index in [1.54, 1.807) is 4.90 Å². The maximum absolute atomic E-state index is 11.9. The molecule has 112 valence electrons. The Morgan fingerprint density at radius 1 is 1.10 bits per heavy atom. The van der Waals surface area contributed by atoms with Crippen molar-refractivity contribution < 1.29 is 19.5 Å². The number of hydrogen-bond acceptors (Lipinski definition) is 4. The molecular weight excluding hydrogens is 274 g/mol. The molecule has 1 fully saturated rings. The first-order valence-corrected chi connectivity index (χ1v) is 6.68. The number of piperazine rings is 1. The molecule has 7 heteroatoms. The van der Waals surface area contributed by atoms with E-state index in [9.17, 15) is 14.4 Å². The van der Waals surface area contributed by atoms with E-state index in [0.717, 1.165) is 13.1 Å². The minimum atomic E-state index is -1.05. The number of rotatable bonds is 4. The van der Waals surface area contributed by atoms with Crippen LogP contribution in [0, 0.1) is 0 Å². The van der Waals surface area contributed by atoms with Crippen LogP contribution in [0.25, 0.3) is 0 Å². The third kappa shape index (κ3) is 4.03. The van der Waals surface area contributed by atoms with Crippen LogP contribution >= 0.6 is 0 Å². The molecular formula is C14H17N3O4. The SMILES string of the molecule is O=C(O)c1ccc(C(=O)NCC(=O)N2CCNCC2)cc1. The normalized spacial score (nSPS) is 14.6. The van der Waals surface area contributed by atoms with Gasteiger partial charge < -0.3 is 20.6 Å². The summed E-state index contributed by atoms with van der Waals surface area (Å²) in [5, 5.41) is 14.5. The van der Waals surface area contributed by atoms with Gasteiger partial charge >= 0.3 is 5.97 Å². The third-order valence-electron chi connectivity index (χ3n) is 3.26. The number of amides is 2. The fourth-order valence-electron chi connectivity index (χ4n) is 2.05. The average molecular weight is 291 g/mol. The molecule has 7 nitrogen and oxygen atoms in total. The smallest absolute Gasteiger partial charge is 0.335 e. The number of benzene rings is 1. The van der Waals surface area contributed by atoms with Crippen LogP contribution in [0.1, 0.15) is 20.7 Å². The minimum Gasteiger partial charge on any atom is -0.478 e. The Bertz CT molecular complexity index is 536. The van der Waals surface area contributed by atoms with E-state index in [1.165, 1.54) is 24.3 Å². The maximum Gasteiger partial charge on any atom is 0.335 e. The number of carbonyl (C=O) groups excluding carboxylic acids is 2.